The average molecular weight is 238 g/mol. The quantitative estimate of drug-likeness (QED) is 0.848. The predicted octanol–water partition coefficient (Wildman–Crippen LogP) is 1.90. The van der Waals surface area contributed by atoms with E-state index in [4.69, 9.17) is 10.3 Å². The topological polar surface area (TPSA) is 68.2 Å². The zero-order valence-electron chi connectivity index (χ0n) is 10.6. The Bertz CT molecular complexity index is 333. The van der Waals surface area contributed by atoms with Crippen LogP contribution in [0.4, 0.5) is 5.95 Å². The van der Waals surface area contributed by atoms with Crippen molar-refractivity contribution in [3.63, 3.8) is 0 Å². The molecule has 0 radical (unpaired) electrons. The van der Waals surface area contributed by atoms with Gasteiger partial charge < -0.3 is 15.2 Å². The summed E-state index contributed by atoms with van der Waals surface area (Å²) in [5.41, 5.74) is 5.50. The second kappa shape index (κ2) is 6.00. The van der Waals surface area contributed by atoms with E-state index in [1.165, 1.54) is 19.3 Å². The third-order valence-electron chi connectivity index (χ3n) is 3.33. The molecule has 5 nitrogen and oxygen atoms in total. The van der Waals surface area contributed by atoms with Gasteiger partial charge in [0.1, 0.15) is 0 Å². The van der Waals surface area contributed by atoms with Gasteiger partial charge in [-0.1, -0.05) is 6.92 Å². The maximum absolute atomic E-state index is 5.50. The molecule has 1 aromatic heterocycles. The van der Waals surface area contributed by atoms with Crippen molar-refractivity contribution >= 4 is 5.95 Å². The van der Waals surface area contributed by atoms with Crippen LogP contribution in [0.2, 0.25) is 0 Å². The van der Waals surface area contributed by atoms with Gasteiger partial charge in [0, 0.05) is 19.0 Å². The molecule has 1 atom stereocenters. The highest BCUT2D eigenvalue weighted by Crippen LogP contribution is 2.22. The van der Waals surface area contributed by atoms with Gasteiger partial charge in [0.05, 0.1) is 0 Å². The Kier molecular flexibility index (Phi) is 4.36. The summed E-state index contributed by atoms with van der Waals surface area (Å²) in [6.07, 6.45) is 5.79. The highest BCUT2D eigenvalue weighted by atomic mass is 16.5. The molecule has 1 saturated heterocycles. The van der Waals surface area contributed by atoms with E-state index in [9.17, 15) is 0 Å². The molecule has 1 aliphatic rings. The molecular formula is C12H22N4O. The van der Waals surface area contributed by atoms with E-state index in [2.05, 4.69) is 22.0 Å². The second-order valence-electron chi connectivity index (χ2n) is 4.81. The molecule has 96 valence electrons. The summed E-state index contributed by atoms with van der Waals surface area (Å²) in [4.78, 5) is 6.71. The van der Waals surface area contributed by atoms with Crippen LogP contribution in [-0.4, -0.2) is 29.8 Å². The molecule has 2 N–H and O–H groups in total. The first-order valence-corrected chi connectivity index (χ1v) is 6.60. The molecule has 2 rings (SSSR count). The third kappa shape index (κ3) is 3.19. The van der Waals surface area contributed by atoms with Crippen molar-refractivity contribution in [1.29, 1.82) is 0 Å². The molecule has 0 spiro atoms. The first-order chi connectivity index (χ1) is 8.31. The van der Waals surface area contributed by atoms with Crippen LogP contribution in [0.3, 0.4) is 0 Å². The second-order valence-corrected chi connectivity index (χ2v) is 4.81. The predicted molar refractivity (Wildman–Crippen MR) is 67.1 cm³/mol. The van der Waals surface area contributed by atoms with Crippen LogP contribution in [-0.2, 0) is 0 Å². The number of nitrogens with two attached hydrogens (primary N) is 1. The van der Waals surface area contributed by atoms with Crippen molar-refractivity contribution in [3.8, 4) is 0 Å². The molecule has 0 aromatic carbocycles. The van der Waals surface area contributed by atoms with E-state index in [1.807, 2.05) is 0 Å². The largest absolute Gasteiger partial charge is 0.338 e. The zero-order chi connectivity index (χ0) is 12.1. The number of rotatable bonds is 5. The Hall–Kier alpha value is -1.10. The van der Waals surface area contributed by atoms with Gasteiger partial charge in [-0.2, -0.15) is 4.98 Å². The van der Waals surface area contributed by atoms with Crippen molar-refractivity contribution in [3.05, 3.63) is 5.89 Å². The minimum absolute atomic E-state index is 0.310. The van der Waals surface area contributed by atoms with Gasteiger partial charge in [-0.15, -0.1) is 0 Å². The lowest BCUT2D eigenvalue weighted by Gasteiger charge is -2.24. The van der Waals surface area contributed by atoms with Crippen LogP contribution >= 0.6 is 0 Å². The van der Waals surface area contributed by atoms with Gasteiger partial charge in [0.25, 0.3) is 5.95 Å². The number of nitrogens with zero attached hydrogens (tertiary/aromatic N) is 3. The fourth-order valence-corrected chi connectivity index (χ4v) is 2.20. The molecule has 2 heterocycles. The highest BCUT2D eigenvalue weighted by molar-refractivity contribution is 5.28. The zero-order valence-corrected chi connectivity index (χ0v) is 10.6. The summed E-state index contributed by atoms with van der Waals surface area (Å²) in [7, 11) is 0. The monoisotopic (exact) mass is 238 g/mol. The standard InChI is InChI=1S/C12H22N4O/c1-10(6-5-7-13)11-14-12(15-17-11)16-8-3-2-4-9-16/h10H,2-9,13H2,1H3. The minimum Gasteiger partial charge on any atom is -0.338 e. The number of anilines is 1. The molecule has 17 heavy (non-hydrogen) atoms. The van der Waals surface area contributed by atoms with Crippen molar-refractivity contribution in [1.82, 2.24) is 10.1 Å². The van der Waals surface area contributed by atoms with Crippen molar-refractivity contribution in [2.24, 2.45) is 5.73 Å². The minimum atomic E-state index is 0.310. The summed E-state index contributed by atoms with van der Waals surface area (Å²) in [6.45, 7) is 4.94. The average Bonchev–Trinajstić information content (AvgIpc) is 2.86. The lowest BCUT2D eigenvalue weighted by atomic mass is 10.1. The summed E-state index contributed by atoms with van der Waals surface area (Å²) < 4.78 is 5.33. The number of hydrogen-bond donors (Lipinski definition) is 1. The van der Waals surface area contributed by atoms with Gasteiger partial charge in [-0.3, -0.25) is 0 Å². The molecule has 1 unspecified atom stereocenters. The molecule has 0 saturated carbocycles. The number of piperidine rings is 1. The fourth-order valence-electron chi connectivity index (χ4n) is 2.20. The van der Waals surface area contributed by atoms with Gasteiger partial charge in [-0.05, 0) is 43.8 Å². The van der Waals surface area contributed by atoms with E-state index in [-0.39, 0.29) is 0 Å². The Morgan fingerprint density at radius 2 is 2.12 bits per heavy atom. The lowest BCUT2D eigenvalue weighted by molar-refractivity contribution is 0.350. The van der Waals surface area contributed by atoms with Gasteiger partial charge in [0.15, 0.2) is 0 Å². The molecule has 1 aromatic rings. The molecular weight excluding hydrogens is 216 g/mol. The van der Waals surface area contributed by atoms with E-state index >= 15 is 0 Å². The van der Waals surface area contributed by atoms with Crippen molar-refractivity contribution in [2.45, 2.75) is 44.9 Å². The Balaban J connectivity index is 1.94. The van der Waals surface area contributed by atoms with Crippen LogP contribution < -0.4 is 10.6 Å². The summed E-state index contributed by atoms with van der Waals surface area (Å²) in [5, 5.41) is 4.08. The summed E-state index contributed by atoms with van der Waals surface area (Å²) in [6, 6.07) is 0. The van der Waals surface area contributed by atoms with E-state index in [0.717, 1.165) is 44.3 Å². The number of hydrogen-bond acceptors (Lipinski definition) is 5. The first kappa shape index (κ1) is 12.4. The maximum atomic E-state index is 5.50. The Morgan fingerprint density at radius 1 is 1.35 bits per heavy atom. The van der Waals surface area contributed by atoms with Gasteiger partial charge >= 0.3 is 0 Å². The van der Waals surface area contributed by atoms with Gasteiger partial charge in [-0.25, -0.2) is 0 Å². The van der Waals surface area contributed by atoms with Crippen molar-refractivity contribution in [2.75, 3.05) is 24.5 Å². The normalized spacial score (nSPS) is 18.4. The summed E-state index contributed by atoms with van der Waals surface area (Å²) in [5.74, 6) is 1.82. The molecule has 1 aliphatic heterocycles. The third-order valence-corrected chi connectivity index (χ3v) is 3.33. The number of aromatic nitrogens is 2. The lowest BCUT2D eigenvalue weighted by Crippen LogP contribution is -2.30. The maximum Gasteiger partial charge on any atom is 0.266 e. The SMILES string of the molecule is CC(CCCN)c1nc(N2CCCCC2)no1. The Morgan fingerprint density at radius 3 is 2.82 bits per heavy atom. The molecule has 0 bridgehead atoms. The molecule has 1 fully saturated rings. The fraction of sp³-hybridized carbons (Fsp3) is 0.833. The van der Waals surface area contributed by atoms with Crippen LogP contribution in [0.15, 0.2) is 4.52 Å². The van der Waals surface area contributed by atoms with E-state index in [0.29, 0.717) is 5.92 Å². The van der Waals surface area contributed by atoms with E-state index in [1.54, 1.807) is 0 Å². The van der Waals surface area contributed by atoms with Crippen molar-refractivity contribution < 1.29 is 4.52 Å². The highest BCUT2D eigenvalue weighted by Gasteiger charge is 2.19. The van der Waals surface area contributed by atoms with Crippen LogP contribution in [0.1, 0.15) is 50.8 Å². The molecule has 0 amide bonds. The first-order valence-electron chi connectivity index (χ1n) is 6.60. The summed E-state index contributed by atoms with van der Waals surface area (Å²) >= 11 is 0. The van der Waals surface area contributed by atoms with Crippen LogP contribution in [0, 0.1) is 0 Å². The molecule has 0 aliphatic carbocycles. The van der Waals surface area contributed by atoms with Crippen LogP contribution in [0.5, 0.6) is 0 Å². The van der Waals surface area contributed by atoms with Crippen LogP contribution in [0.25, 0.3) is 0 Å². The van der Waals surface area contributed by atoms with Gasteiger partial charge in [0.2, 0.25) is 5.89 Å². The molecule has 5 heteroatoms. The van der Waals surface area contributed by atoms with E-state index < -0.39 is 0 Å². The Labute approximate surface area is 102 Å². The smallest absolute Gasteiger partial charge is 0.266 e.